The van der Waals surface area contributed by atoms with Crippen molar-refractivity contribution in [3.63, 3.8) is 0 Å². The molecule has 8 nitrogen and oxygen atoms in total. The molecule has 0 spiro atoms. The fourth-order valence-corrected chi connectivity index (χ4v) is 3.19. The van der Waals surface area contributed by atoms with Crippen molar-refractivity contribution in [1.82, 2.24) is 4.90 Å². The number of amides is 1. The number of hydrogen-bond donors (Lipinski definition) is 0. The number of anilines is 1. The van der Waals surface area contributed by atoms with Gasteiger partial charge in [0.05, 0.1) is 12.4 Å². The summed E-state index contributed by atoms with van der Waals surface area (Å²) in [6, 6.07) is 5.42. The van der Waals surface area contributed by atoms with E-state index in [4.69, 9.17) is 13.7 Å². The number of nitrogens with zero attached hydrogens (tertiary/aromatic N) is 2. The van der Waals surface area contributed by atoms with Crippen molar-refractivity contribution in [3.05, 3.63) is 23.8 Å². The van der Waals surface area contributed by atoms with Crippen LogP contribution in [-0.2, 0) is 30.9 Å². The fourth-order valence-electron chi connectivity index (χ4n) is 2.65. The second-order valence-electron chi connectivity index (χ2n) is 6.14. The van der Waals surface area contributed by atoms with Gasteiger partial charge in [-0.3, -0.25) is 4.79 Å². The predicted octanol–water partition coefficient (Wildman–Crippen LogP) is 1.88. The van der Waals surface area contributed by atoms with Crippen LogP contribution in [-0.4, -0.2) is 72.0 Å². The second kappa shape index (κ2) is 11.9. The summed E-state index contributed by atoms with van der Waals surface area (Å²) in [6.45, 7) is 7.98. The van der Waals surface area contributed by atoms with Crippen molar-refractivity contribution in [1.29, 1.82) is 0 Å². The number of hydrogen-bond acceptors (Lipinski definition) is 7. The Balaban J connectivity index is 3.27. The van der Waals surface area contributed by atoms with Crippen molar-refractivity contribution in [3.8, 4) is 5.75 Å². The summed E-state index contributed by atoms with van der Waals surface area (Å²) in [4.78, 5) is 16.0. The molecule has 0 aliphatic carbocycles. The highest BCUT2D eigenvalue weighted by Crippen LogP contribution is 2.28. The van der Waals surface area contributed by atoms with E-state index in [1.54, 1.807) is 24.1 Å². The van der Waals surface area contributed by atoms with Crippen LogP contribution in [0.4, 0.5) is 5.69 Å². The maximum absolute atomic E-state index is 12.4. The van der Waals surface area contributed by atoms with Gasteiger partial charge in [0.15, 0.2) is 0 Å². The largest absolute Gasteiger partial charge is 0.383 e. The van der Waals surface area contributed by atoms with E-state index in [0.717, 1.165) is 18.8 Å². The van der Waals surface area contributed by atoms with Crippen molar-refractivity contribution in [2.24, 2.45) is 0 Å². The number of ether oxygens (including phenoxy) is 2. The minimum atomic E-state index is -3.71. The first-order valence-corrected chi connectivity index (χ1v) is 10.9. The number of carbonyl (C=O) groups is 1. The van der Waals surface area contributed by atoms with Gasteiger partial charge in [0.25, 0.3) is 0 Å². The van der Waals surface area contributed by atoms with Gasteiger partial charge in [-0.05, 0) is 26.8 Å². The molecule has 0 aromatic heterocycles. The van der Waals surface area contributed by atoms with Gasteiger partial charge < -0.3 is 23.5 Å². The van der Waals surface area contributed by atoms with E-state index in [9.17, 15) is 13.2 Å². The average Bonchev–Trinajstić information content (AvgIpc) is 2.67. The molecule has 1 aromatic carbocycles. The van der Waals surface area contributed by atoms with Crippen LogP contribution in [0.3, 0.4) is 0 Å². The first-order chi connectivity index (χ1) is 13.3. The zero-order valence-electron chi connectivity index (χ0n) is 17.4. The predicted molar refractivity (Wildman–Crippen MR) is 109 cm³/mol. The van der Waals surface area contributed by atoms with E-state index in [1.165, 1.54) is 14.0 Å². The molecule has 0 radical (unpaired) electrons. The Labute approximate surface area is 168 Å². The van der Waals surface area contributed by atoms with Crippen molar-refractivity contribution in [2.45, 2.75) is 27.3 Å². The van der Waals surface area contributed by atoms with Crippen LogP contribution in [0.1, 0.15) is 26.3 Å². The van der Waals surface area contributed by atoms with E-state index >= 15 is 0 Å². The topological polar surface area (TPSA) is 85.4 Å². The molecule has 0 saturated heterocycles. The molecule has 1 amide bonds. The van der Waals surface area contributed by atoms with Gasteiger partial charge in [-0.15, -0.1) is 0 Å². The van der Waals surface area contributed by atoms with Gasteiger partial charge in [-0.25, -0.2) is 0 Å². The molecule has 0 bridgehead atoms. The van der Waals surface area contributed by atoms with Crippen molar-refractivity contribution >= 4 is 21.7 Å². The van der Waals surface area contributed by atoms with E-state index in [-0.39, 0.29) is 30.6 Å². The third-order valence-electron chi connectivity index (χ3n) is 4.30. The molecule has 160 valence electrons. The van der Waals surface area contributed by atoms with Crippen LogP contribution in [0.15, 0.2) is 18.2 Å². The van der Waals surface area contributed by atoms with E-state index in [2.05, 4.69) is 4.90 Å². The third kappa shape index (κ3) is 7.29. The summed E-state index contributed by atoms with van der Waals surface area (Å²) < 4.78 is 39.5. The molecule has 1 rings (SSSR count). The van der Waals surface area contributed by atoms with Gasteiger partial charge in [0, 0.05) is 57.7 Å². The number of benzene rings is 1. The molecule has 0 N–H and O–H groups in total. The standard InChI is InChI=1S/C19H32N2O6S/c1-6-20(7-2)17-10-9-16(18(13-17)27-28(23,24)8-3)14-21(11-12-25-4)19(22)15-26-5/h9-10,13H,6-8,11-12,14-15H2,1-5H3. The molecule has 0 saturated carbocycles. The van der Waals surface area contributed by atoms with Gasteiger partial charge >= 0.3 is 10.1 Å². The number of methoxy groups -OCH3 is 2. The Morgan fingerprint density at radius 2 is 1.75 bits per heavy atom. The maximum Gasteiger partial charge on any atom is 0.308 e. The van der Waals surface area contributed by atoms with E-state index < -0.39 is 10.1 Å². The molecule has 0 heterocycles. The summed E-state index contributed by atoms with van der Waals surface area (Å²) in [7, 11) is -0.698. The van der Waals surface area contributed by atoms with Crippen LogP contribution in [0.25, 0.3) is 0 Å². The van der Waals surface area contributed by atoms with Crippen LogP contribution >= 0.6 is 0 Å². The van der Waals surface area contributed by atoms with Crippen LogP contribution in [0, 0.1) is 0 Å². The Bertz CT molecular complexity index is 719. The molecular formula is C19H32N2O6S. The molecule has 0 unspecified atom stereocenters. The molecular weight excluding hydrogens is 384 g/mol. The van der Waals surface area contributed by atoms with Gasteiger partial charge in [0.1, 0.15) is 12.4 Å². The highest BCUT2D eigenvalue weighted by molar-refractivity contribution is 7.87. The molecule has 28 heavy (non-hydrogen) atoms. The van der Waals surface area contributed by atoms with Crippen molar-refractivity contribution < 1.29 is 26.9 Å². The summed E-state index contributed by atoms with van der Waals surface area (Å²) in [5.41, 5.74) is 1.47. The smallest absolute Gasteiger partial charge is 0.308 e. The number of rotatable bonds is 13. The first kappa shape index (κ1) is 24.2. The van der Waals surface area contributed by atoms with E-state index in [1.807, 2.05) is 19.9 Å². The third-order valence-corrected chi connectivity index (χ3v) is 5.44. The van der Waals surface area contributed by atoms with E-state index in [0.29, 0.717) is 18.7 Å². The summed E-state index contributed by atoms with van der Waals surface area (Å²) in [6.07, 6.45) is 0. The zero-order valence-corrected chi connectivity index (χ0v) is 18.3. The van der Waals surface area contributed by atoms with Crippen LogP contribution in [0.2, 0.25) is 0 Å². The molecule has 9 heteroatoms. The van der Waals surface area contributed by atoms with Gasteiger partial charge in [0.2, 0.25) is 5.91 Å². The lowest BCUT2D eigenvalue weighted by molar-refractivity contribution is -0.136. The highest BCUT2D eigenvalue weighted by Gasteiger charge is 2.20. The Morgan fingerprint density at radius 3 is 2.29 bits per heavy atom. The molecule has 0 aliphatic heterocycles. The van der Waals surface area contributed by atoms with Crippen LogP contribution in [0.5, 0.6) is 5.75 Å². The minimum Gasteiger partial charge on any atom is -0.383 e. The van der Waals surface area contributed by atoms with Gasteiger partial charge in [-0.1, -0.05) is 6.07 Å². The molecule has 1 aromatic rings. The average molecular weight is 417 g/mol. The minimum absolute atomic E-state index is 0.0648. The highest BCUT2D eigenvalue weighted by atomic mass is 32.2. The Hall–Kier alpha value is -1.84. The zero-order chi connectivity index (χ0) is 21.2. The quantitative estimate of drug-likeness (QED) is 0.454. The SMILES string of the molecule is CCN(CC)c1ccc(CN(CCOC)C(=O)COC)c(OS(=O)(=O)CC)c1. The lowest BCUT2D eigenvalue weighted by Crippen LogP contribution is -2.36. The Morgan fingerprint density at radius 1 is 1.07 bits per heavy atom. The molecule has 0 aliphatic rings. The normalized spacial score (nSPS) is 11.3. The molecule has 0 atom stereocenters. The lowest BCUT2D eigenvalue weighted by atomic mass is 10.1. The fraction of sp³-hybridized carbons (Fsp3) is 0.632. The second-order valence-corrected chi connectivity index (χ2v) is 7.99. The van der Waals surface area contributed by atoms with Crippen LogP contribution < -0.4 is 9.08 Å². The van der Waals surface area contributed by atoms with Gasteiger partial charge in [-0.2, -0.15) is 8.42 Å². The van der Waals surface area contributed by atoms with Crippen molar-refractivity contribution in [2.75, 3.05) is 57.7 Å². The number of carbonyl (C=O) groups excluding carboxylic acids is 1. The first-order valence-electron chi connectivity index (χ1n) is 9.37. The monoisotopic (exact) mass is 416 g/mol. The maximum atomic E-state index is 12.4. The lowest BCUT2D eigenvalue weighted by Gasteiger charge is -2.25. The summed E-state index contributed by atoms with van der Waals surface area (Å²) in [5.74, 6) is -0.117. The summed E-state index contributed by atoms with van der Waals surface area (Å²) in [5, 5.41) is 0. The Kier molecular flexibility index (Phi) is 10.3. The molecule has 0 fully saturated rings. The summed E-state index contributed by atoms with van der Waals surface area (Å²) >= 11 is 0.